The Bertz CT molecular complexity index is 741. The lowest BCUT2D eigenvalue weighted by Gasteiger charge is -2.09. The molecule has 2 amide bonds. The lowest BCUT2D eigenvalue weighted by molar-refractivity contribution is -0.118. The molecule has 0 unspecified atom stereocenters. The van der Waals surface area contributed by atoms with Crippen molar-refractivity contribution in [3.8, 4) is 5.75 Å². The Kier molecular flexibility index (Phi) is 5.76. The van der Waals surface area contributed by atoms with E-state index in [1.165, 1.54) is 11.1 Å². The van der Waals surface area contributed by atoms with Crippen LogP contribution >= 0.6 is 11.8 Å². The molecule has 25 heavy (non-hydrogen) atoms. The van der Waals surface area contributed by atoms with E-state index in [2.05, 4.69) is 36.5 Å². The molecule has 1 heterocycles. The Balaban J connectivity index is 1.47. The third-order valence-corrected chi connectivity index (χ3v) is 5.18. The van der Waals surface area contributed by atoms with Crippen LogP contribution in [0, 0.1) is 0 Å². The van der Waals surface area contributed by atoms with Crippen molar-refractivity contribution in [1.29, 1.82) is 0 Å². The molecular formula is C20H21NO3S. The molecule has 130 valence electrons. The first kappa shape index (κ1) is 17.5. The highest BCUT2D eigenvalue weighted by atomic mass is 32.2. The molecule has 0 saturated carbocycles. The second kappa shape index (κ2) is 8.21. The Morgan fingerprint density at radius 3 is 2.20 bits per heavy atom. The van der Waals surface area contributed by atoms with E-state index in [-0.39, 0.29) is 16.4 Å². The van der Waals surface area contributed by atoms with Gasteiger partial charge in [0.2, 0.25) is 5.91 Å². The van der Waals surface area contributed by atoms with E-state index in [4.69, 9.17) is 4.74 Å². The van der Waals surface area contributed by atoms with Crippen molar-refractivity contribution in [3.05, 3.63) is 65.2 Å². The highest BCUT2D eigenvalue weighted by molar-refractivity contribution is 8.15. The highest BCUT2D eigenvalue weighted by Crippen LogP contribution is 2.23. The summed E-state index contributed by atoms with van der Waals surface area (Å²) in [5.74, 6) is 0.609. The summed E-state index contributed by atoms with van der Waals surface area (Å²) < 4.78 is 5.79. The molecule has 0 aliphatic carbocycles. The SMILES string of the molecule is CCc1ccc(CCOc2ccc(C[C@H]3SC(=O)NC3=O)cc2)cc1. The predicted molar refractivity (Wildman–Crippen MR) is 100 cm³/mol. The minimum absolute atomic E-state index is 0.204. The van der Waals surface area contributed by atoms with Gasteiger partial charge >= 0.3 is 0 Å². The third-order valence-electron chi connectivity index (χ3n) is 4.20. The lowest BCUT2D eigenvalue weighted by atomic mass is 10.1. The van der Waals surface area contributed by atoms with E-state index in [1.54, 1.807) is 0 Å². The van der Waals surface area contributed by atoms with Crippen molar-refractivity contribution in [2.75, 3.05) is 6.61 Å². The summed E-state index contributed by atoms with van der Waals surface area (Å²) in [5, 5.41) is 1.72. The number of rotatable bonds is 7. The summed E-state index contributed by atoms with van der Waals surface area (Å²) in [6.07, 6.45) is 2.47. The summed E-state index contributed by atoms with van der Waals surface area (Å²) in [6, 6.07) is 16.3. The number of carbonyl (C=O) groups excluding carboxylic acids is 2. The molecule has 1 saturated heterocycles. The zero-order valence-electron chi connectivity index (χ0n) is 14.2. The quantitative estimate of drug-likeness (QED) is 0.821. The number of thioether (sulfide) groups is 1. The molecule has 1 aliphatic heterocycles. The van der Waals surface area contributed by atoms with Gasteiger partial charge in [0.15, 0.2) is 0 Å². The Labute approximate surface area is 152 Å². The summed E-state index contributed by atoms with van der Waals surface area (Å²) in [6.45, 7) is 2.78. The normalized spacial score (nSPS) is 16.8. The van der Waals surface area contributed by atoms with E-state index in [0.29, 0.717) is 13.0 Å². The van der Waals surface area contributed by atoms with Gasteiger partial charge in [0.1, 0.15) is 5.75 Å². The number of imide groups is 1. The zero-order valence-corrected chi connectivity index (χ0v) is 15.0. The van der Waals surface area contributed by atoms with Gasteiger partial charge in [0.25, 0.3) is 5.24 Å². The van der Waals surface area contributed by atoms with Crippen LogP contribution in [0.4, 0.5) is 4.79 Å². The van der Waals surface area contributed by atoms with Crippen LogP contribution in [0.15, 0.2) is 48.5 Å². The van der Waals surface area contributed by atoms with Gasteiger partial charge in [0.05, 0.1) is 11.9 Å². The van der Waals surface area contributed by atoms with Crippen LogP contribution < -0.4 is 10.1 Å². The predicted octanol–water partition coefficient (Wildman–Crippen LogP) is 3.76. The molecule has 2 aromatic rings. The van der Waals surface area contributed by atoms with Gasteiger partial charge in [-0.25, -0.2) is 0 Å². The maximum absolute atomic E-state index is 11.6. The average molecular weight is 355 g/mol. The molecule has 1 atom stereocenters. The van der Waals surface area contributed by atoms with Gasteiger partial charge in [-0.15, -0.1) is 0 Å². The molecule has 1 fully saturated rings. The molecule has 4 nitrogen and oxygen atoms in total. The topological polar surface area (TPSA) is 55.4 Å². The first-order chi connectivity index (χ1) is 12.1. The molecule has 0 aromatic heterocycles. The molecular weight excluding hydrogens is 334 g/mol. The van der Waals surface area contributed by atoms with Crippen molar-refractivity contribution < 1.29 is 14.3 Å². The summed E-state index contributed by atoms with van der Waals surface area (Å²) in [4.78, 5) is 22.8. The first-order valence-corrected chi connectivity index (χ1v) is 9.33. The van der Waals surface area contributed by atoms with Crippen molar-refractivity contribution in [2.45, 2.75) is 31.4 Å². The van der Waals surface area contributed by atoms with Crippen LogP contribution in [-0.2, 0) is 24.1 Å². The Morgan fingerprint density at radius 1 is 0.960 bits per heavy atom. The minimum Gasteiger partial charge on any atom is -0.493 e. The number of carbonyl (C=O) groups is 2. The van der Waals surface area contributed by atoms with Crippen LogP contribution in [0.2, 0.25) is 0 Å². The fraction of sp³-hybridized carbons (Fsp3) is 0.300. The number of benzene rings is 2. The van der Waals surface area contributed by atoms with Gasteiger partial charge in [-0.1, -0.05) is 55.1 Å². The summed E-state index contributed by atoms with van der Waals surface area (Å²) >= 11 is 1.06. The number of nitrogens with one attached hydrogen (secondary N) is 1. The average Bonchev–Trinajstić information content (AvgIpc) is 2.94. The van der Waals surface area contributed by atoms with Crippen molar-refractivity contribution in [2.24, 2.45) is 0 Å². The summed E-state index contributed by atoms with van der Waals surface area (Å²) in [7, 11) is 0. The standard InChI is InChI=1S/C20H21NO3S/c1-2-14-3-5-15(6-4-14)11-12-24-17-9-7-16(8-10-17)13-18-19(22)21-20(23)25-18/h3-10,18H,2,11-13H2,1H3,(H,21,22,23)/t18-/m1/s1. The van der Waals surface area contributed by atoms with Gasteiger partial charge in [0, 0.05) is 6.42 Å². The molecule has 2 aromatic carbocycles. The Morgan fingerprint density at radius 2 is 1.60 bits per heavy atom. The van der Waals surface area contributed by atoms with Crippen molar-refractivity contribution in [1.82, 2.24) is 5.32 Å². The van der Waals surface area contributed by atoms with Gasteiger partial charge in [-0.05, 0) is 41.7 Å². The van der Waals surface area contributed by atoms with E-state index >= 15 is 0 Å². The Hall–Kier alpha value is -2.27. The van der Waals surface area contributed by atoms with Crippen molar-refractivity contribution >= 4 is 22.9 Å². The monoisotopic (exact) mass is 355 g/mol. The lowest BCUT2D eigenvalue weighted by Crippen LogP contribution is -2.25. The third kappa shape index (κ3) is 4.86. The fourth-order valence-corrected chi connectivity index (χ4v) is 3.55. The largest absolute Gasteiger partial charge is 0.493 e. The number of amides is 2. The van der Waals surface area contributed by atoms with Crippen LogP contribution in [0.5, 0.6) is 5.75 Å². The van der Waals surface area contributed by atoms with Gasteiger partial charge < -0.3 is 4.74 Å². The fourth-order valence-electron chi connectivity index (χ4n) is 2.69. The molecule has 0 radical (unpaired) electrons. The number of hydrogen-bond acceptors (Lipinski definition) is 4. The molecule has 0 spiro atoms. The van der Waals surface area contributed by atoms with Crippen LogP contribution in [-0.4, -0.2) is 23.0 Å². The highest BCUT2D eigenvalue weighted by Gasteiger charge is 2.31. The van der Waals surface area contributed by atoms with Crippen LogP contribution in [0.25, 0.3) is 0 Å². The van der Waals surface area contributed by atoms with E-state index in [1.807, 2.05) is 24.3 Å². The van der Waals surface area contributed by atoms with Crippen molar-refractivity contribution in [3.63, 3.8) is 0 Å². The smallest absolute Gasteiger partial charge is 0.286 e. The maximum Gasteiger partial charge on any atom is 0.286 e. The molecule has 5 heteroatoms. The molecule has 0 bridgehead atoms. The number of ether oxygens (including phenoxy) is 1. The van der Waals surface area contributed by atoms with Gasteiger partial charge in [-0.3, -0.25) is 14.9 Å². The van der Waals surface area contributed by atoms with Gasteiger partial charge in [-0.2, -0.15) is 0 Å². The second-order valence-electron chi connectivity index (χ2n) is 6.00. The van der Waals surface area contributed by atoms with Crippen LogP contribution in [0.3, 0.4) is 0 Å². The minimum atomic E-state index is -0.328. The number of aryl methyl sites for hydroxylation is 1. The first-order valence-electron chi connectivity index (χ1n) is 8.45. The van der Waals surface area contributed by atoms with E-state index < -0.39 is 0 Å². The molecule has 1 aliphatic rings. The summed E-state index contributed by atoms with van der Waals surface area (Å²) in [5.41, 5.74) is 3.63. The van der Waals surface area contributed by atoms with Crippen LogP contribution in [0.1, 0.15) is 23.6 Å². The van der Waals surface area contributed by atoms with E-state index in [9.17, 15) is 9.59 Å². The number of hydrogen-bond donors (Lipinski definition) is 1. The molecule has 1 N–H and O–H groups in total. The maximum atomic E-state index is 11.6. The molecule has 3 rings (SSSR count). The zero-order chi connectivity index (χ0) is 17.6. The second-order valence-corrected chi connectivity index (χ2v) is 7.18. The van der Waals surface area contributed by atoms with E-state index in [0.717, 1.165) is 35.9 Å².